The number of hydrogen-bond acceptors (Lipinski definition) is 4. The van der Waals surface area contributed by atoms with Crippen LogP contribution in [0.5, 0.6) is 0 Å². The number of rotatable bonds is 4. The van der Waals surface area contributed by atoms with Crippen LogP contribution in [0.25, 0.3) is 6.08 Å². The van der Waals surface area contributed by atoms with Crippen molar-refractivity contribution in [2.75, 3.05) is 5.32 Å². The van der Waals surface area contributed by atoms with Crippen molar-refractivity contribution in [2.24, 2.45) is 0 Å². The molecule has 2 aromatic carbocycles. The van der Waals surface area contributed by atoms with Crippen LogP contribution in [0.1, 0.15) is 5.56 Å². The average molecular weight is 386 g/mol. The summed E-state index contributed by atoms with van der Waals surface area (Å²) in [6, 6.07) is 16.2. The van der Waals surface area contributed by atoms with Gasteiger partial charge in [0.2, 0.25) is 11.7 Å². The number of ether oxygens (including phenoxy) is 1. The minimum Gasteiger partial charge on any atom is -0.477 e. The minimum atomic E-state index is -1.34. The molecule has 0 bridgehead atoms. The van der Waals surface area contributed by atoms with E-state index in [0.717, 1.165) is 4.47 Å². The Morgan fingerprint density at radius 3 is 2.42 bits per heavy atom. The summed E-state index contributed by atoms with van der Waals surface area (Å²) in [6.07, 6.45) is 1.51. The summed E-state index contributed by atoms with van der Waals surface area (Å²) in [4.78, 5) is 23.8. The maximum Gasteiger partial charge on any atom is 0.345 e. The molecule has 24 heavy (non-hydrogen) atoms. The summed E-state index contributed by atoms with van der Waals surface area (Å²) in [6.45, 7) is 0. The second-order valence-electron chi connectivity index (χ2n) is 4.96. The predicted octanol–water partition coefficient (Wildman–Crippen LogP) is 3.80. The van der Waals surface area contributed by atoms with Gasteiger partial charge in [-0.3, -0.25) is 4.79 Å². The van der Waals surface area contributed by atoms with Crippen molar-refractivity contribution in [3.63, 3.8) is 0 Å². The number of carbonyl (C=O) groups excluding carboxylic acids is 1. The van der Waals surface area contributed by atoms with E-state index in [9.17, 15) is 14.7 Å². The van der Waals surface area contributed by atoms with Crippen LogP contribution in [0.15, 0.2) is 76.3 Å². The second-order valence-corrected chi connectivity index (χ2v) is 5.82. The number of carboxylic acid groups (broad SMARTS) is 1. The van der Waals surface area contributed by atoms with E-state index in [1.165, 1.54) is 6.08 Å². The van der Waals surface area contributed by atoms with E-state index in [0.29, 0.717) is 11.3 Å². The van der Waals surface area contributed by atoms with Crippen LogP contribution in [0, 0.1) is 0 Å². The van der Waals surface area contributed by atoms with Gasteiger partial charge >= 0.3 is 5.97 Å². The molecule has 0 amide bonds. The molecule has 0 fully saturated rings. The fourth-order valence-corrected chi connectivity index (χ4v) is 2.60. The van der Waals surface area contributed by atoms with Gasteiger partial charge in [0.1, 0.15) is 0 Å². The van der Waals surface area contributed by atoms with Crippen molar-refractivity contribution in [2.45, 2.75) is 0 Å². The van der Waals surface area contributed by atoms with Crippen molar-refractivity contribution < 1.29 is 19.4 Å². The highest BCUT2D eigenvalue weighted by atomic mass is 79.9. The van der Waals surface area contributed by atoms with E-state index in [4.69, 9.17) is 4.74 Å². The number of aliphatic carboxylic acids is 1. The molecular formula is C18H12BrNO4. The maximum atomic E-state index is 12.4. The van der Waals surface area contributed by atoms with Crippen molar-refractivity contribution in [1.29, 1.82) is 0 Å². The Labute approximate surface area is 146 Å². The van der Waals surface area contributed by atoms with Crippen molar-refractivity contribution in [1.82, 2.24) is 0 Å². The molecule has 6 heteroatoms. The molecule has 0 unspecified atom stereocenters. The number of para-hydroxylation sites is 1. The molecule has 0 radical (unpaired) electrons. The summed E-state index contributed by atoms with van der Waals surface area (Å²) in [7, 11) is 0. The van der Waals surface area contributed by atoms with Gasteiger partial charge < -0.3 is 15.2 Å². The molecular weight excluding hydrogens is 374 g/mol. The zero-order chi connectivity index (χ0) is 17.1. The summed E-state index contributed by atoms with van der Waals surface area (Å²) in [5, 5.41) is 12.2. The first-order valence-corrected chi connectivity index (χ1v) is 7.84. The van der Waals surface area contributed by atoms with Gasteiger partial charge in [0.15, 0.2) is 11.3 Å². The van der Waals surface area contributed by atoms with Crippen LogP contribution in [-0.2, 0) is 14.3 Å². The van der Waals surface area contributed by atoms with E-state index >= 15 is 0 Å². The van der Waals surface area contributed by atoms with Gasteiger partial charge in [-0.1, -0.05) is 52.3 Å². The first kappa shape index (κ1) is 16.0. The van der Waals surface area contributed by atoms with Gasteiger partial charge in [-0.25, -0.2) is 4.79 Å². The number of Topliss-reactive ketones (excluding diaryl/α,β-unsaturated/α-hetero) is 1. The first-order valence-electron chi connectivity index (χ1n) is 7.04. The summed E-state index contributed by atoms with van der Waals surface area (Å²) >= 11 is 3.38. The van der Waals surface area contributed by atoms with Gasteiger partial charge in [0, 0.05) is 10.2 Å². The fourth-order valence-electron chi connectivity index (χ4n) is 2.20. The Morgan fingerprint density at radius 2 is 1.75 bits per heavy atom. The number of nitrogens with one attached hydrogen (secondary N) is 1. The standard InChI is InChI=1S/C18H12BrNO4/c19-13-9-5-4-6-11(13)10-14-16(21)15(18(22)23)17(24-14)20-12-7-2-1-3-8-12/h1-10,20H,(H,22,23)/b14-10-. The second kappa shape index (κ2) is 6.72. The first-order chi connectivity index (χ1) is 11.6. The lowest BCUT2D eigenvalue weighted by atomic mass is 10.1. The van der Waals surface area contributed by atoms with Crippen molar-refractivity contribution in [3.05, 3.63) is 81.8 Å². The highest BCUT2D eigenvalue weighted by Gasteiger charge is 2.35. The normalized spacial score (nSPS) is 15.5. The molecule has 2 N–H and O–H groups in total. The average Bonchev–Trinajstić information content (AvgIpc) is 2.86. The van der Waals surface area contributed by atoms with Gasteiger partial charge in [0.05, 0.1) is 0 Å². The third kappa shape index (κ3) is 3.23. The van der Waals surface area contributed by atoms with Gasteiger partial charge in [-0.15, -0.1) is 0 Å². The quantitative estimate of drug-likeness (QED) is 0.618. The molecule has 1 aliphatic heterocycles. The lowest BCUT2D eigenvalue weighted by Gasteiger charge is -2.07. The highest BCUT2D eigenvalue weighted by molar-refractivity contribution is 9.10. The van der Waals surface area contributed by atoms with Crippen LogP contribution in [0.4, 0.5) is 5.69 Å². The molecule has 0 aromatic heterocycles. The number of allylic oxidation sites excluding steroid dienone is 1. The monoisotopic (exact) mass is 385 g/mol. The van der Waals surface area contributed by atoms with E-state index in [2.05, 4.69) is 21.2 Å². The number of anilines is 1. The smallest absolute Gasteiger partial charge is 0.345 e. The highest BCUT2D eigenvalue weighted by Crippen LogP contribution is 2.29. The van der Waals surface area contributed by atoms with Crippen molar-refractivity contribution in [3.8, 4) is 0 Å². The van der Waals surface area contributed by atoms with Gasteiger partial charge in [0.25, 0.3) is 0 Å². The molecule has 1 heterocycles. The molecule has 0 saturated carbocycles. The predicted molar refractivity (Wildman–Crippen MR) is 92.9 cm³/mol. The van der Waals surface area contributed by atoms with Crippen LogP contribution in [0.3, 0.4) is 0 Å². The van der Waals surface area contributed by atoms with Crippen LogP contribution >= 0.6 is 15.9 Å². The lowest BCUT2D eigenvalue weighted by Crippen LogP contribution is -2.12. The molecule has 5 nitrogen and oxygen atoms in total. The van der Waals surface area contributed by atoms with E-state index < -0.39 is 17.3 Å². The topological polar surface area (TPSA) is 75.6 Å². The zero-order valence-electron chi connectivity index (χ0n) is 12.3. The number of hydrogen-bond donors (Lipinski definition) is 2. The third-order valence-electron chi connectivity index (χ3n) is 3.33. The number of halogens is 1. The van der Waals surface area contributed by atoms with Gasteiger partial charge in [-0.2, -0.15) is 0 Å². The van der Waals surface area contributed by atoms with E-state index in [1.54, 1.807) is 30.3 Å². The molecule has 2 aromatic rings. The summed E-state index contributed by atoms with van der Waals surface area (Å²) < 4.78 is 6.26. The van der Waals surface area contributed by atoms with Crippen LogP contribution in [0.2, 0.25) is 0 Å². The Balaban J connectivity index is 1.95. The SMILES string of the molecule is O=C(O)C1=C(Nc2ccccc2)O/C(=C\c2ccccc2Br)C1=O. The number of ketones is 1. The molecule has 120 valence electrons. The molecule has 3 rings (SSSR count). The lowest BCUT2D eigenvalue weighted by molar-refractivity contribution is -0.134. The molecule has 0 atom stereocenters. The number of benzene rings is 2. The number of carbonyl (C=O) groups is 2. The third-order valence-corrected chi connectivity index (χ3v) is 4.05. The van der Waals surface area contributed by atoms with E-state index in [-0.39, 0.29) is 11.6 Å². The Bertz CT molecular complexity index is 872. The van der Waals surface area contributed by atoms with Gasteiger partial charge in [-0.05, 0) is 29.8 Å². The summed E-state index contributed by atoms with van der Waals surface area (Å²) in [5.74, 6) is -2.14. The maximum absolute atomic E-state index is 12.4. The van der Waals surface area contributed by atoms with Crippen LogP contribution in [-0.4, -0.2) is 16.9 Å². The Kier molecular flexibility index (Phi) is 4.48. The van der Waals surface area contributed by atoms with E-state index in [1.807, 2.05) is 24.3 Å². The Hall–Kier alpha value is -2.86. The largest absolute Gasteiger partial charge is 0.477 e. The minimum absolute atomic E-state index is 0.0438. The molecule has 1 aliphatic rings. The zero-order valence-corrected chi connectivity index (χ0v) is 13.9. The van der Waals surface area contributed by atoms with Crippen LogP contribution < -0.4 is 5.32 Å². The Morgan fingerprint density at radius 1 is 1.08 bits per heavy atom. The molecule has 0 saturated heterocycles. The fraction of sp³-hybridized carbons (Fsp3) is 0. The molecule has 0 aliphatic carbocycles. The summed E-state index contributed by atoms with van der Waals surface area (Å²) in [5.41, 5.74) is 0.921. The molecule has 0 spiro atoms. The number of carboxylic acids is 1. The van der Waals surface area contributed by atoms with Crippen molar-refractivity contribution >= 4 is 39.4 Å².